The van der Waals surface area contributed by atoms with Crippen LogP contribution in [0.3, 0.4) is 0 Å². The van der Waals surface area contributed by atoms with Crippen LogP contribution < -0.4 is 10.1 Å². The van der Waals surface area contributed by atoms with Crippen molar-refractivity contribution in [3.05, 3.63) is 90.0 Å². The van der Waals surface area contributed by atoms with Gasteiger partial charge in [0.15, 0.2) is 0 Å². The highest BCUT2D eigenvalue weighted by Crippen LogP contribution is 2.20. The van der Waals surface area contributed by atoms with Crippen molar-refractivity contribution in [1.29, 1.82) is 0 Å². The number of hydrogen-bond donors (Lipinski definition) is 1. The average Bonchev–Trinajstić information content (AvgIpc) is 2.68. The Kier molecular flexibility index (Phi) is 5.36. The molecule has 25 heavy (non-hydrogen) atoms. The van der Waals surface area contributed by atoms with E-state index in [1.54, 1.807) is 30.6 Å². The number of carbonyl (C=O) groups is 1. The van der Waals surface area contributed by atoms with Crippen LogP contribution in [-0.4, -0.2) is 15.9 Å². The summed E-state index contributed by atoms with van der Waals surface area (Å²) < 4.78 is 5.78. The van der Waals surface area contributed by atoms with Crippen molar-refractivity contribution in [2.75, 3.05) is 0 Å². The molecule has 0 aliphatic rings. The minimum Gasteiger partial charge on any atom is -0.487 e. The lowest BCUT2D eigenvalue weighted by atomic mass is 10.1. The van der Waals surface area contributed by atoms with Crippen LogP contribution in [0.5, 0.6) is 5.75 Å². The quantitative estimate of drug-likeness (QED) is 0.749. The van der Waals surface area contributed by atoms with E-state index in [0.717, 1.165) is 17.0 Å². The number of hydrogen-bond acceptors (Lipinski definition) is 4. The summed E-state index contributed by atoms with van der Waals surface area (Å²) in [6.45, 7) is 2.33. The fourth-order valence-corrected chi connectivity index (χ4v) is 2.37. The Morgan fingerprint density at radius 2 is 1.84 bits per heavy atom. The van der Waals surface area contributed by atoms with Crippen molar-refractivity contribution in [3.63, 3.8) is 0 Å². The molecule has 2 heterocycles. The van der Waals surface area contributed by atoms with Gasteiger partial charge in [-0.3, -0.25) is 14.8 Å². The van der Waals surface area contributed by atoms with E-state index in [1.165, 1.54) is 0 Å². The van der Waals surface area contributed by atoms with Crippen LogP contribution in [0.2, 0.25) is 0 Å². The first-order valence-electron chi connectivity index (χ1n) is 8.07. The molecule has 1 N–H and O–H groups in total. The summed E-state index contributed by atoms with van der Waals surface area (Å²) in [6.07, 6.45) is 3.34. The van der Waals surface area contributed by atoms with Gasteiger partial charge in [-0.05, 0) is 48.9 Å². The molecular weight excluding hydrogens is 314 g/mol. The van der Waals surface area contributed by atoms with Gasteiger partial charge in [-0.1, -0.05) is 24.3 Å². The number of ether oxygens (including phenoxy) is 1. The van der Waals surface area contributed by atoms with E-state index in [4.69, 9.17) is 4.74 Å². The highest BCUT2D eigenvalue weighted by Gasteiger charge is 2.12. The summed E-state index contributed by atoms with van der Waals surface area (Å²) in [5, 5.41) is 2.94. The van der Waals surface area contributed by atoms with Gasteiger partial charge in [0.25, 0.3) is 5.91 Å². The predicted octanol–water partition coefficient (Wildman–Crippen LogP) is 3.55. The maximum absolute atomic E-state index is 12.2. The van der Waals surface area contributed by atoms with Crippen LogP contribution in [-0.2, 0) is 6.61 Å². The van der Waals surface area contributed by atoms with Crippen LogP contribution in [0.1, 0.15) is 34.7 Å². The molecular formula is C20H19N3O2. The first kappa shape index (κ1) is 16.6. The van der Waals surface area contributed by atoms with Gasteiger partial charge in [0.05, 0.1) is 11.7 Å². The summed E-state index contributed by atoms with van der Waals surface area (Å²) in [5.41, 5.74) is 2.23. The lowest BCUT2D eigenvalue weighted by molar-refractivity contribution is 0.0934. The van der Waals surface area contributed by atoms with E-state index in [1.807, 2.05) is 49.4 Å². The molecule has 0 aliphatic heterocycles. The Labute approximate surface area is 146 Å². The van der Waals surface area contributed by atoms with E-state index in [0.29, 0.717) is 12.3 Å². The molecule has 0 saturated carbocycles. The zero-order valence-corrected chi connectivity index (χ0v) is 13.9. The second-order valence-corrected chi connectivity index (χ2v) is 5.59. The van der Waals surface area contributed by atoms with Gasteiger partial charge in [0.2, 0.25) is 0 Å². The maximum Gasteiger partial charge on any atom is 0.270 e. The van der Waals surface area contributed by atoms with Gasteiger partial charge in [0, 0.05) is 12.4 Å². The van der Waals surface area contributed by atoms with Crippen LogP contribution >= 0.6 is 0 Å². The molecule has 1 atom stereocenters. The van der Waals surface area contributed by atoms with Gasteiger partial charge in [-0.2, -0.15) is 0 Å². The molecule has 126 valence electrons. The van der Waals surface area contributed by atoms with Gasteiger partial charge in [-0.15, -0.1) is 0 Å². The van der Waals surface area contributed by atoms with E-state index < -0.39 is 0 Å². The van der Waals surface area contributed by atoms with Crippen LogP contribution in [0, 0.1) is 0 Å². The third-order valence-corrected chi connectivity index (χ3v) is 3.72. The number of rotatable bonds is 6. The van der Waals surface area contributed by atoms with Gasteiger partial charge in [-0.25, -0.2) is 0 Å². The number of carbonyl (C=O) groups excluding carboxylic acids is 1. The van der Waals surface area contributed by atoms with Gasteiger partial charge in [0.1, 0.15) is 18.1 Å². The number of aromatic nitrogens is 2. The Morgan fingerprint density at radius 1 is 1.04 bits per heavy atom. The zero-order valence-electron chi connectivity index (χ0n) is 13.9. The van der Waals surface area contributed by atoms with E-state index >= 15 is 0 Å². The second kappa shape index (κ2) is 8.06. The lowest BCUT2D eigenvalue weighted by Gasteiger charge is -2.15. The van der Waals surface area contributed by atoms with Crippen molar-refractivity contribution in [2.24, 2.45) is 0 Å². The molecule has 0 radical (unpaired) electrons. The monoisotopic (exact) mass is 333 g/mol. The minimum atomic E-state index is -0.201. The van der Waals surface area contributed by atoms with E-state index in [9.17, 15) is 4.79 Å². The van der Waals surface area contributed by atoms with Gasteiger partial charge >= 0.3 is 0 Å². The topological polar surface area (TPSA) is 64.1 Å². The highest BCUT2D eigenvalue weighted by atomic mass is 16.5. The van der Waals surface area contributed by atoms with Crippen LogP contribution in [0.4, 0.5) is 0 Å². The third kappa shape index (κ3) is 4.64. The molecule has 0 fully saturated rings. The molecule has 5 heteroatoms. The van der Waals surface area contributed by atoms with Crippen LogP contribution in [0.25, 0.3) is 0 Å². The summed E-state index contributed by atoms with van der Waals surface area (Å²) in [7, 11) is 0. The molecule has 0 saturated heterocycles. The smallest absolute Gasteiger partial charge is 0.270 e. The van der Waals surface area contributed by atoms with Crippen molar-refractivity contribution in [2.45, 2.75) is 19.6 Å². The number of pyridine rings is 2. The standard InChI is InChI=1S/C20H19N3O2/c1-15(23-20(24)19-10-3-5-12-22-19)16-7-6-9-18(13-16)25-14-17-8-2-4-11-21-17/h2-13,15H,14H2,1H3,(H,23,24). The average molecular weight is 333 g/mol. The summed E-state index contributed by atoms with van der Waals surface area (Å²) in [6, 6.07) is 18.5. The number of amides is 1. The Balaban J connectivity index is 1.63. The summed E-state index contributed by atoms with van der Waals surface area (Å²) >= 11 is 0. The van der Waals surface area contributed by atoms with Gasteiger partial charge < -0.3 is 10.1 Å². The fourth-order valence-electron chi connectivity index (χ4n) is 2.37. The molecule has 0 spiro atoms. The molecule has 2 aromatic heterocycles. The molecule has 0 bridgehead atoms. The molecule has 5 nitrogen and oxygen atoms in total. The minimum absolute atomic E-state index is 0.159. The van der Waals surface area contributed by atoms with E-state index in [2.05, 4.69) is 15.3 Å². The normalized spacial score (nSPS) is 11.6. The first-order chi connectivity index (χ1) is 12.2. The first-order valence-corrected chi connectivity index (χ1v) is 8.07. The maximum atomic E-state index is 12.2. The van der Waals surface area contributed by atoms with Crippen molar-refractivity contribution < 1.29 is 9.53 Å². The highest BCUT2D eigenvalue weighted by molar-refractivity contribution is 5.92. The van der Waals surface area contributed by atoms with Crippen LogP contribution in [0.15, 0.2) is 73.1 Å². The molecule has 3 rings (SSSR count). The summed E-state index contributed by atoms with van der Waals surface area (Å²) in [4.78, 5) is 20.5. The fraction of sp³-hybridized carbons (Fsp3) is 0.150. The van der Waals surface area contributed by atoms with Crippen molar-refractivity contribution in [1.82, 2.24) is 15.3 Å². The Hall–Kier alpha value is -3.21. The van der Waals surface area contributed by atoms with Crippen molar-refractivity contribution in [3.8, 4) is 5.75 Å². The Bertz CT molecular complexity index is 823. The van der Waals surface area contributed by atoms with E-state index in [-0.39, 0.29) is 11.9 Å². The molecule has 1 aromatic carbocycles. The number of nitrogens with zero attached hydrogens (tertiary/aromatic N) is 2. The molecule has 0 aliphatic carbocycles. The molecule has 1 amide bonds. The zero-order chi connectivity index (χ0) is 17.5. The number of nitrogens with one attached hydrogen (secondary N) is 1. The number of benzene rings is 1. The SMILES string of the molecule is CC(NC(=O)c1ccccn1)c1cccc(OCc2ccccn2)c1. The third-order valence-electron chi connectivity index (χ3n) is 3.72. The molecule has 1 unspecified atom stereocenters. The summed E-state index contributed by atoms with van der Waals surface area (Å²) in [5.74, 6) is 0.537. The van der Waals surface area contributed by atoms with Crippen molar-refractivity contribution >= 4 is 5.91 Å². The Morgan fingerprint density at radius 3 is 2.56 bits per heavy atom. The largest absolute Gasteiger partial charge is 0.487 e. The predicted molar refractivity (Wildman–Crippen MR) is 95.1 cm³/mol. The second-order valence-electron chi connectivity index (χ2n) is 5.59. The lowest BCUT2D eigenvalue weighted by Crippen LogP contribution is -2.27. The molecule has 3 aromatic rings.